The van der Waals surface area contributed by atoms with E-state index in [4.69, 9.17) is 15.2 Å². The Morgan fingerprint density at radius 3 is 3.00 bits per heavy atom. The number of thiophene rings is 1. The van der Waals surface area contributed by atoms with Gasteiger partial charge in [0.1, 0.15) is 6.04 Å². The number of carbonyl (C=O) groups is 1. The van der Waals surface area contributed by atoms with Crippen molar-refractivity contribution >= 4 is 17.3 Å². The molecule has 3 rings (SSSR count). The summed E-state index contributed by atoms with van der Waals surface area (Å²) in [4.78, 5) is 13.8. The van der Waals surface area contributed by atoms with Crippen LogP contribution in [-0.2, 0) is 37.6 Å². The van der Waals surface area contributed by atoms with Crippen molar-refractivity contribution < 1.29 is 19.0 Å². The first-order chi connectivity index (χ1) is 9.64. The van der Waals surface area contributed by atoms with E-state index in [2.05, 4.69) is 10.8 Å². The van der Waals surface area contributed by atoms with Gasteiger partial charge in [0.25, 0.3) is 0 Å². The Hall–Kier alpha value is -0.950. The average Bonchev–Trinajstić information content (AvgIpc) is 3.06. The predicted octanol–water partition coefficient (Wildman–Crippen LogP) is 1.33. The van der Waals surface area contributed by atoms with Crippen molar-refractivity contribution in [2.45, 2.75) is 37.5 Å². The molecule has 5 nitrogen and oxygen atoms in total. The van der Waals surface area contributed by atoms with Crippen molar-refractivity contribution in [3.05, 3.63) is 21.4 Å². The second-order valence-corrected chi connectivity index (χ2v) is 6.41. The van der Waals surface area contributed by atoms with Crippen LogP contribution in [0.25, 0.3) is 0 Å². The fraction of sp³-hybridized carbons (Fsp3) is 0.643. The van der Waals surface area contributed by atoms with Crippen LogP contribution in [0.2, 0.25) is 0 Å². The van der Waals surface area contributed by atoms with E-state index >= 15 is 0 Å². The van der Waals surface area contributed by atoms with Gasteiger partial charge in [-0.05, 0) is 18.9 Å². The Morgan fingerprint density at radius 2 is 2.30 bits per heavy atom. The predicted molar refractivity (Wildman–Crippen MR) is 74.5 cm³/mol. The Labute approximate surface area is 122 Å². The molecule has 6 heteroatoms. The molecule has 0 amide bonds. The van der Waals surface area contributed by atoms with E-state index in [0.29, 0.717) is 19.6 Å². The molecule has 2 heterocycles. The Balaban J connectivity index is 1.83. The van der Waals surface area contributed by atoms with E-state index in [1.165, 1.54) is 12.0 Å². The van der Waals surface area contributed by atoms with Crippen molar-refractivity contribution in [1.82, 2.24) is 0 Å². The van der Waals surface area contributed by atoms with Gasteiger partial charge in [0.2, 0.25) is 0 Å². The van der Waals surface area contributed by atoms with Crippen molar-refractivity contribution in [2.24, 2.45) is 5.73 Å². The van der Waals surface area contributed by atoms with Gasteiger partial charge in [-0.15, -0.1) is 11.3 Å². The fourth-order valence-corrected chi connectivity index (χ4v) is 4.24. The zero-order valence-corrected chi connectivity index (χ0v) is 12.3. The molecule has 0 radical (unpaired) electrons. The summed E-state index contributed by atoms with van der Waals surface area (Å²) in [7, 11) is 1.36. The highest BCUT2D eigenvalue weighted by atomic mass is 32.1. The normalized spacial score (nSPS) is 21.7. The summed E-state index contributed by atoms with van der Waals surface area (Å²) in [5.74, 6) is -0.919. The lowest BCUT2D eigenvalue weighted by Gasteiger charge is -2.31. The summed E-state index contributed by atoms with van der Waals surface area (Å²) >= 11 is 1.70. The minimum atomic E-state index is -0.610. The molecule has 0 saturated carbocycles. The van der Waals surface area contributed by atoms with Gasteiger partial charge >= 0.3 is 5.97 Å². The molecule has 0 bridgehead atoms. The highest BCUT2D eigenvalue weighted by Gasteiger charge is 2.43. The minimum absolute atomic E-state index is 0.376. The molecule has 1 saturated heterocycles. The van der Waals surface area contributed by atoms with Crippen LogP contribution in [0.1, 0.15) is 28.2 Å². The molecule has 1 unspecified atom stereocenters. The Bertz CT molecular complexity index is 507. The van der Waals surface area contributed by atoms with E-state index in [1.807, 2.05) is 0 Å². The number of hydrogen-bond donors (Lipinski definition) is 1. The van der Waals surface area contributed by atoms with Crippen LogP contribution in [0.3, 0.4) is 0 Å². The quantitative estimate of drug-likeness (QED) is 0.852. The van der Waals surface area contributed by atoms with Gasteiger partial charge in [-0.3, -0.25) is 4.79 Å². The first kappa shape index (κ1) is 14.0. The molecule has 1 aliphatic heterocycles. The van der Waals surface area contributed by atoms with Crippen LogP contribution in [0, 0.1) is 0 Å². The van der Waals surface area contributed by atoms with Gasteiger partial charge in [0.15, 0.2) is 5.79 Å². The zero-order valence-electron chi connectivity index (χ0n) is 11.5. The van der Waals surface area contributed by atoms with Gasteiger partial charge in [-0.25, -0.2) is 0 Å². The number of fused-ring (bicyclic) bond motifs is 2. The highest BCUT2D eigenvalue weighted by molar-refractivity contribution is 7.12. The lowest BCUT2D eigenvalue weighted by Crippen LogP contribution is -2.33. The Kier molecular flexibility index (Phi) is 3.81. The molecule has 1 aromatic rings. The summed E-state index contributed by atoms with van der Waals surface area (Å²) in [5.41, 5.74) is 6.97. The number of hydrogen-bond acceptors (Lipinski definition) is 6. The first-order valence-electron chi connectivity index (χ1n) is 6.88. The third-order valence-corrected chi connectivity index (χ3v) is 5.08. The second kappa shape index (κ2) is 5.44. The SMILES string of the molecule is COC(=O)C(N)Cc1cc2c(s1)CCCC21OCCO1. The fourth-order valence-electron chi connectivity index (χ4n) is 2.92. The van der Waals surface area contributed by atoms with Gasteiger partial charge in [0.05, 0.1) is 20.3 Å². The van der Waals surface area contributed by atoms with E-state index in [-0.39, 0.29) is 5.97 Å². The summed E-state index contributed by atoms with van der Waals surface area (Å²) < 4.78 is 16.4. The summed E-state index contributed by atoms with van der Waals surface area (Å²) in [5, 5.41) is 0. The maximum absolute atomic E-state index is 11.4. The monoisotopic (exact) mass is 297 g/mol. The summed E-state index contributed by atoms with van der Waals surface area (Å²) in [6.45, 7) is 1.29. The molecular formula is C14H19NO4S. The van der Waals surface area contributed by atoms with Crippen LogP contribution in [-0.4, -0.2) is 32.3 Å². The van der Waals surface area contributed by atoms with Crippen molar-refractivity contribution in [1.29, 1.82) is 0 Å². The number of carbonyl (C=O) groups excluding carboxylic acids is 1. The highest BCUT2D eigenvalue weighted by Crippen LogP contribution is 2.45. The van der Waals surface area contributed by atoms with Crippen molar-refractivity contribution in [3.8, 4) is 0 Å². The number of esters is 1. The number of rotatable bonds is 3. The third-order valence-electron chi connectivity index (χ3n) is 3.86. The van der Waals surface area contributed by atoms with E-state index < -0.39 is 11.8 Å². The average molecular weight is 297 g/mol. The van der Waals surface area contributed by atoms with Gasteiger partial charge in [0, 0.05) is 28.2 Å². The molecule has 1 aliphatic carbocycles. The smallest absolute Gasteiger partial charge is 0.323 e. The maximum Gasteiger partial charge on any atom is 0.323 e. The molecule has 0 aromatic carbocycles. The van der Waals surface area contributed by atoms with E-state index in [0.717, 1.165) is 29.7 Å². The Morgan fingerprint density at radius 1 is 1.55 bits per heavy atom. The standard InChI is InChI=1S/C14H19NO4S/c1-17-13(16)11(15)8-9-7-10-12(20-9)3-2-4-14(10)18-5-6-19-14/h7,11H,2-6,8,15H2,1H3. The van der Waals surface area contributed by atoms with Crippen LogP contribution < -0.4 is 5.73 Å². The number of methoxy groups -OCH3 is 1. The second-order valence-electron chi connectivity index (χ2n) is 5.19. The molecule has 20 heavy (non-hydrogen) atoms. The van der Waals surface area contributed by atoms with Gasteiger partial charge in [-0.2, -0.15) is 0 Å². The summed E-state index contributed by atoms with van der Waals surface area (Å²) in [6.07, 6.45) is 3.51. The maximum atomic E-state index is 11.4. The molecule has 1 spiro atoms. The van der Waals surface area contributed by atoms with E-state index in [1.54, 1.807) is 11.3 Å². The first-order valence-corrected chi connectivity index (χ1v) is 7.70. The molecular weight excluding hydrogens is 278 g/mol. The van der Waals surface area contributed by atoms with Gasteiger partial charge in [-0.1, -0.05) is 0 Å². The summed E-state index contributed by atoms with van der Waals surface area (Å²) in [6, 6.07) is 1.48. The number of nitrogens with two attached hydrogens (primary N) is 1. The minimum Gasteiger partial charge on any atom is -0.468 e. The number of aryl methyl sites for hydroxylation is 1. The van der Waals surface area contributed by atoms with Crippen LogP contribution in [0.4, 0.5) is 0 Å². The third kappa shape index (κ3) is 2.37. The lowest BCUT2D eigenvalue weighted by atomic mass is 9.92. The zero-order chi connectivity index (χ0) is 14.2. The van der Waals surface area contributed by atoms with E-state index in [9.17, 15) is 4.79 Å². The van der Waals surface area contributed by atoms with Crippen LogP contribution >= 0.6 is 11.3 Å². The molecule has 2 aliphatic rings. The van der Waals surface area contributed by atoms with Crippen LogP contribution in [0.15, 0.2) is 6.07 Å². The molecule has 1 fully saturated rings. The molecule has 1 atom stereocenters. The molecule has 1 aromatic heterocycles. The number of ether oxygens (including phenoxy) is 3. The van der Waals surface area contributed by atoms with Crippen molar-refractivity contribution in [2.75, 3.05) is 20.3 Å². The largest absolute Gasteiger partial charge is 0.468 e. The topological polar surface area (TPSA) is 70.8 Å². The van der Waals surface area contributed by atoms with Gasteiger partial charge < -0.3 is 19.9 Å². The van der Waals surface area contributed by atoms with Crippen LogP contribution in [0.5, 0.6) is 0 Å². The van der Waals surface area contributed by atoms with Crippen molar-refractivity contribution in [3.63, 3.8) is 0 Å². The molecule has 110 valence electrons. The molecule has 2 N–H and O–H groups in total. The lowest BCUT2D eigenvalue weighted by molar-refractivity contribution is -0.175.